The van der Waals surface area contributed by atoms with Crippen molar-refractivity contribution in [3.8, 4) is 0 Å². The average Bonchev–Trinajstić information content (AvgIpc) is 2.09. The third-order valence-electron chi connectivity index (χ3n) is 2.70. The van der Waals surface area contributed by atoms with Gasteiger partial charge in [-0.05, 0) is 18.9 Å². The van der Waals surface area contributed by atoms with E-state index in [0.29, 0.717) is 11.3 Å². The molecule has 0 bridgehead atoms. The molecule has 2 nitrogen and oxygen atoms in total. The fourth-order valence-electron chi connectivity index (χ4n) is 1.25. The van der Waals surface area contributed by atoms with Gasteiger partial charge >= 0.3 is 0 Å². The monoisotopic (exact) mass is 233 g/mol. The maximum atomic E-state index is 9.43. The van der Waals surface area contributed by atoms with Gasteiger partial charge in [0.25, 0.3) is 0 Å². The van der Waals surface area contributed by atoms with Crippen LogP contribution in [0.4, 0.5) is 0 Å². The van der Waals surface area contributed by atoms with E-state index >= 15 is 0 Å². The molecule has 0 radical (unpaired) electrons. The van der Waals surface area contributed by atoms with Crippen LogP contribution in [-0.4, -0.2) is 34.8 Å². The predicted molar refractivity (Wildman–Crippen MR) is 70.5 cm³/mol. The first-order valence-corrected chi connectivity index (χ1v) is 6.87. The molecule has 0 aliphatic heterocycles. The van der Waals surface area contributed by atoms with Crippen molar-refractivity contribution in [3.05, 3.63) is 0 Å². The SMILES string of the molecule is CCNC(CSC(C)C(C)O)C(C)(C)C. The normalized spacial score (nSPS) is 18.6. The highest BCUT2D eigenvalue weighted by Crippen LogP contribution is 2.25. The van der Waals surface area contributed by atoms with E-state index < -0.39 is 0 Å². The van der Waals surface area contributed by atoms with Gasteiger partial charge in [-0.25, -0.2) is 0 Å². The summed E-state index contributed by atoms with van der Waals surface area (Å²) < 4.78 is 0. The zero-order valence-corrected chi connectivity index (χ0v) is 11.8. The quantitative estimate of drug-likeness (QED) is 0.739. The molecule has 0 aromatic rings. The van der Waals surface area contributed by atoms with Crippen LogP contribution in [0.1, 0.15) is 41.5 Å². The van der Waals surface area contributed by atoms with Crippen LogP contribution in [0.3, 0.4) is 0 Å². The lowest BCUT2D eigenvalue weighted by molar-refractivity contribution is 0.196. The summed E-state index contributed by atoms with van der Waals surface area (Å²) in [6.07, 6.45) is -0.225. The van der Waals surface area contributed by atoms with Gasteiger partial charge in [0.05, 0.1) is 6.10 Å². The summed E-state index contributed by atoms with van der Waals surface area (Å²) in [5.74, 6) is 1.06. The van der Waals surface area contributed by atoms with E-state index in [9.17, 15) is 5.11 Å². The van der Waals surface area contributed by atoms with Crippen LogP contribution >= 0.6 is 11.8 Å². The molecule has 0 rings (SSSR count). The smallest absolute Gasteiger partial charge is 0.0628 e. The molecule has 0 aliphatic carbocycles. The number of aliphatic hydroxyl groups excluding tert-OH is 1. The first kappa shape index (κ1) is 15.3. The van der Waals surface area contributed by atoms with Gasteiger partial charge in [-0.15, -0.1) is 0 Å². The highest BCUT2D eigenvalue weighted by atomic mass is 32.2. The molecule has 0 aromatic heterocycles. The Morgan fingerprint density at radius 1 is 1.27 bits per heavy atom. The number of thioether (sulfide) groups is 1. The Hall–Kier alpha value is 0.270. The van der Waals surface area contributed by atoms with Gasteiger partial charge in [-0.1, -0.05) is 34.6 Å². The molecule has 0 aromatic carbocycles. The topological polar surface area (TPSA) is 32.3 Å². The second-order valence-corrected chi connectivity index (χ2v) is 6.67. The van der Waals surface area contributed by atoms with Crippen molar-refractivity contribution in [2.24, 2.45) is 5.41 Å². The molecule has 0 spiro atoms. The number of rotatable bonds is 6. The van der Waals surface area contributed by atoms with Crippen molar-refractivity contribution >= 4 is 11.8 Å². The summed E-state index contributed by atoms with van der Waals surface area (Å²) in [7, 11) is 0. The molecule has 2 N–H and O–H groups in total. The van der Waals surface area contributed by atoms with Crippen LogP contribution in [0.5, 0.6) is 0 Å². The third kappa shape index (κ3) is 6.44. The van der Waals surface area contributed by atoms with Crippen LogP contribution in [0, 0.1) is 5.41 Å². The van der Waals surface area contributed by atoms with Crippen LogP contribution in [0.25, 0.3) is 0 Å². The zero-order chi connectivity index (χ0) is 12.1. The lowest BCUT2D eigenvalue weighted by Gasteiger charge is -2.32. The third-order valence-corrected chi connectivity index (χ3v) is 4.15. The van der Waals surface area contributed by atoms with Crippen LogP contribution in [-0.2, 0) is 0 Å². The van der Waals surface area contributed by atoms with Crippen molar-refractivity contribution in [2.45, 2.75) is 58.9 Å². The Kier molecular flexibility index (Phi) is 6.89. The first-order chi connectivity index (χ1) is 6.79. The Labute approximate surface area is 99.2 Å². The molecule has 3 atom stereocenters. The van der Waals surface area contributed by atoms with E-state index in [1.807, 2.05) is 18.7 Å². The van der Waals surface area contributed by atoms with Crippen molar-refractivity contribution in [1.29, 1.82) is 0 Å². The molecule has 0 heterocycles. The van der Waals surface area contributed by atoms with E-state index in [4.69, 9.17) is 0 Å². The highest BCUT2D eigenvalue weighted by molar-refractivity contribution is 7.99. The molecular formula is C12H27NOS. The van der Waals surface area contributed by atoms with Gasteiger partial charge in [0, 0.05) is 17.0 Å². The molecular weight excluding hydrogens is 206 g/mol. The van der Waals surface area contributed by atoms with Gasteiger partial charge in [0.2, 0.25) is 0 Å². The van der Waals surface area contributed by atoms with Crippen molar-refractivity contribution in [3.63, 3.8) is 0 Å². The van der Waals surface area contributed by atoms with Crippen molar-refractivity contribution in [2.75, 3.05) is 12.3 Å². The van der Waals surface area contributed by atoms with Crippen LogP contribution < -0.4 is 5.32 Å². The van der Waals surface area contributed by atoms with E-state index in [0.717, 1.165) is 12.3 Å². The van der Waals surface area contributed by atoms with E-state index in [1.165, 1.54) is 0 Å². The Bertz CT molecular complexity index is 165. The van der Waals surface area contributed by atoms with Crippen LogP contribution in [0.15, 0.2) is 0 Å². The summed E-state index contributed by atoms with van der Waals surface area (Å²) in [5, 5.41) is 13.3. The molecule has 0 saturated carbocycles. The summed E-state index contributed by atoms with van der Waals surface area (Å²) in [5.41, 5.74) is 0.279. The van der Waals surface area contributed by atoms with E-state index in [1.54, 1.807) is 0 Å². The van der Waals surface area contributed by atoms with Gasteiger partial charge < -0.3 is 10.4 Å². The van der Waals surface area contributed by atoms with E-state index in [2.05, 4.69) is 39.9 Å². The lowest BCUT2D eigenvalue weighted by atomic mass is 9.88. The summed E-state index contributed by atoms with van der Waals surface area (Å²) in [6.45, 7) is 13.9. The number of hydrogen-bond donors (Lipinski definition) is 2. The Balaban J connectivity index is 4.08. The van der Waals surface area contributed by atoms with Gasteiger partial charge in [-0.3, -0.25) is 0 Å². The Morgan fingerprint density at radius 3 is 2.13 bits per heavy atom. The number of aliphatic hydroxyl groups is 1. The van der Waals surface area contributed by atoms with Crippen LogP contribution in [0.2, 0.25) is 0 Å². The van der Waals surface area contributed by atoms with Gasteiger partial charge in [-0.2, -0.15) is 11.8 Å². The largest absolute Gasteiger partial charge is 0.392 e. The average molecular weight is 233 g/mol. The maximum absolute atomic E-state index is 9.43. The fraction of sp³-hybridized carbons (Fsp3) is 1.00. The molecule has 15 heavy (non-hydrogen) atoms. The summed E-state index contributed by atoms with van der Waals surface area (Å²) in [4.78, 5) is 0. The molecule has 3 unspecified atom stereocenters. The number of hydrogen-bond acceptors (Lipinski definition) is 3. The van der Waals surface area contributed by atoms with Crippen molar-refractivity contribution < 1.29 is 5.11 Å². The maximum Gasteiger partial charge on any atom is 0.0628 e. The van der Waals surface area contributed by atoms with Crippen molar-refractivity contribution in [1.82, 2.24) is 5.32 Å². The second kappa shape index (κ2) is 6.77. The molecule has 0 aliphatic rings. The van der Waals surface area contributed by atoms with Gasteiger partial charge in [0.1, 0.15) is 0 Å². The molecule has 0 amide bonds. The lowest BCUT2D eigenvalue weighted by Crippen LogP contribution is -2.42. The Morgan fingerprint density at radius 2 is 1.80 bits per heavy atom. The minimum absolute atomic E-state index is 0.225. The molecule has 0 fully saturated rings. The highest BCUT2D eigenvalue weighted by Gasteiger charge is 2.24. The fourth-order valence-corrected chi connectivity index (χ4v) is 2.64. The zero-order valence-electron chi connectivity index (χ0n) is 11.0. The standard InChI is InChI=1S/C12H27NOS/c1-7-13-11(12(4,5)6)8-15-10(3)9(2)14/h9-11,13-14H,7-8H2,1-6H3. The first-order valence-electron chi connectivity index (χ1n) is 5.82. The predicted octanol–water partition coefficient (Wildman–Crippen LogP) is 2.51. The minimum atomic E-state index is -0.225. The second-order valence-electron chi connectivity index (χ2n) is 5.26. The van der Waals surface area contributed by atoms with E-state index in [-0.39, 0.29) is 11.5 Å². The molecule has 3 heteroatoms. The molecule has 92 valence electrons. The molecule has 0 saturated heterocycles. The summed E-state index contributed by atoms with van der Waals surface area (Å²) in [6, 6.07) is 0.508. The van der Waals surface area contributed by atoms with Gasteiger partial charge in [0.15, 0.2) is 0 Å². The minimum Gasteiger partial charge on any atom is -0.392 e. The summed E-state index contributed by atoms with van der Waals surface area (Å²) >= 11 is 1.85. The number of nitrogens with one attached hydrogen (secondary N) is 1.